The molecule has 0 bridgehead atoms. The first kappa shape index (κ1) is 29.7. The van der Waals surface area contributed by atoms with Gasteiger partial charge in [-0.15, -0.1) is 0 Å². The molecule has 0 fully saturated rings. The van der Waals surface area contributed by atoms with E-state index < -0.39 is 28.5 Å². The first-order valence-corrected chi connectivity index (χ1v) is 14.6. The lowest BCUT2D eigenvalue weighted by molar-refractivity contribution is -0.140. The molecule has 8 nitrogen and oxygen atoms in total. The predicted molar refractivity (Wildman–Crippen MR) is 153 cm³/mol. The monoisotopic (exact) mass is 551 g/mol. The molecule has 0 aliphatic rings. The number of para-hydroxylation sites is 2. The molecule has 1 N–H and O–H groups in total. The average molecular weight is 552 g/mol. The van der Waals surface area contributed by atoms with Crippen molar-refractivity contribution in [1.29, 1.82) is 0 Å². The highest BCUT2D eigenvalue weighted by Crippen LogP contribution is 2.33. The summed E-state index contributed by atoms with van der Waals surface area (Å²) in [5.41, 5.74) is 2.15. The minimum atomic E-state index is -4.16. The number of amides is 2. The fourth-order valence-electron chi connectivity index (χ4n) is 4.28. The zero-order valence-corrected chi connectivity index (χ0v) is 23.8. The number of hydrogen-bond acceptors (Lipinski definition) is 5. The van der Waals surface area contributed by atoms with Crippen molar-refractivity contribution in [2.45, 2.75) is 51.6 Å². The molecule has 208 valence electrons. The summed E-state index contributed by atoms with van der Waals surface area (Å²) in [6, 6.07) is 21.6. The molecule has 39 heavy (non-hydrogen) atoms. The van der Waals surface area contributed by atoms with Crippen molar-refractivity contribution in [3.05, 3.63) is 90.0 Å². The van der Waals surface area contributed by atoms with Crippen LogP contribution in [0.1, 0.15) is 38.3 Å². The van der Waals surface area contributed by atoms with E-state index >= 15 is 0 Å². The van der Waals surface area contributed by atoms with Crippen molar-refractivity contribution in [2.24, 2.45) is 0 Å². The van der Waals surface area contributed by atoms with E-state index in [1.807, 2.05) is 45.0 Å². The van der Waals surface area contributed by atoms with E-state index in [2.05, 4.69) is 5.32 Å². The van der Waals surface area contributed by atoms with Crippen LogP contribution in [0.3, 0.4) is 0 Å². The SMILES string of the molecule is CCNC(=O)C(CC)N(Cc1ccc(C)cc1)C(=O)CN(c1ccccc1OCC)S(=O)(=O)c1ccccc1. The van der Waals surface area contributed by atoms with Gasteiger partial charge in [0.15, 0.2) is 0 Å². The topological polar surface area (TPSA) is 96.0 Å². The van der Waals surface area contributed by atoms with Crippen LogP contribution in [0, 0.1) is 6.92 Å². The largest absolute Gasteiger partial charge is 0.492 e. The van der Waals surface area contributed by atoms with Gasteiger partial charge in [0, 0.05) is 13.1 Å². The minimum absolute atomic E-state index is 0.0463. The number of nitrogens with zero attached hydrogens (tertiary/aromatic N) is 2. The summed E-state index contributed by atoms with van der Waals surface area (Å²) in [4.78, 5) is 28.6. The maximum atomic E-state index is 14.1. The van der Waals surface area contributed by atoms with Crippen molar-refractivity contribution in [2.75, 3.05) is 24.0 Å². The molecule has 3 aromatic rings. The molecule has 1 unspecified atom stereocenters. The van der Waals surface area contributed by atoms with Crippen LogP contribution in [-0.2, 0) is 26.2 Å². The van der Waals surface area contributed by atoms with Crippen LogP contribution in [0.15, 0.2) is 83.8 Å². The highest BCUT2D eigenvalue weighted by molar-refractivity contribution is 7.92. The van der Waals surface area contributed by atoms with Gasteiger partial charge in [0.1, 0.15) is 18.3 Å². The van der Waals surface area contributed by atoms with Gasteiger partial charge < -0.3 is 15.0 Å². The second kappa shape index (κ2) is 13.8. The number of carbonyl (C=O) groups excluding carboxylic acids is 2. The molecule has 0 saturated heterocycles. The molecule has 0 aliphatic heterocycles. The summed E-state index contributed by atoms with van der Waals surface area (Å²) < 4.78 is 34.7. The Bertz CT molecular complexity index is 1340. The minimum Gasteiger partial charge on any atom is -0.492 e. The van der Waals surface area contributed by atoms with Gasteiger partial charge >= 0.3 is 0 Å². The van der Waals surface area contributed by atoms with Gasteiger partial charge in [-0.1, -0.05) is 67.1 Å². The van der Waals surface area contributed by atoms with Gasteiger partial charge in [0.25, 0.3) is 10.0 Å². The summed E-state index contributed by atoms with van der Waals surface area (Å²) in [5, 5.41) is 2.81. The number of likely N-dealkylation sites (N-methyl/N-ethyl adjacent to an activating group) is 1. The molecule has 0 radical (unpaired) electrons. The second-order valence-corrected chi connectivity index (χ2v) is 10.9. The van der Waals surface area contributed by atoms with Gasteiger partial charge in [-0.05, 0) is 57.0 Å². The van der Waals surface area contributed by atoms with Crippen LogP contribution in [0.5, 0.6) is 5.75 Å². The zero-order valence-electron chi connectivity index (χ0n) is 23.0. The molecule has 3 rings (SSSR count). The summed E-state index contributed by atoms with van der Waals surface area (Å²) in [7, 11) is -4.16. The van der Waals surface area contributed by atoms with E-state index in [0.717, 1.165) is 15.4 Å². The number of ether oxygens (including phenoxy) is 1. The second-order valence-electron chi connectivity index (χ2n) is 9.05. The Morgan fingerprint density at radius 2 is 1.54 bits per heavy atom. The van der Waals surface area contributed by atoms with Gasteiger partial charge in [-0.2, -0.15) is 0 Å². The standard InChI is InChI=1S/C30H37N3O5S/c1-5-26(30(35)31-6-2)32(21-24-19-17-23(4)18-20-24)29(34)22-33(27-15-11-12-16-28(27)38-7-3)39(36,37)25-13-9-8-10-14-25/h8-20,26H,5-7,21-22H2,1-4H3,(H,31,35). The van der Waals surface area contributed by atoms with Crippen molar-refractivity contribution in [1.82, 2.24) is 10.2 Å². The third kappa shape index (κ3) is 7.38. The number of rotatable bonds is 13. The lowest BCUT2D eigenvalue weighted by Crippen LogP contribution is -2.52. The van der Waals surface area contributed by atoms with Crippen LogP contribution in [0.25, 0.3) is 0 Å². The van der Waals surface area contributed by atoms with Crippen molar-refractivity contribution in [3.8, 4) is 5.75 Å². The molecular formula is C30H37N3O5S. The number of sulfonamides is 1. The Morgan fingerprint density at radius 1 is 0.897 bits per heavy atom. The molecule has 0 aliphatic carbocycles. The van der Waals surface area contributed by atoms with Crippen LogP contribution in [0.2, 0.25) is 0 Å². The molecule has 9 heteroatoms. The van der Waals surface area contributed by atoms with Crippen molar-refractivity contribution in [3.63, 3.8) is 0 Å². The molecule has 0 heterocycles. The normalized spacial score (nSPS) is 11.9. The van der Waals surface area contributed by atoms with Crippen LogP contribution in [-0.4, -0.2) is 50.9 Å². The Hall–Kier alpha value is -3.85. The van der Waals surface area contributed by atoms with E-state index in [-0.39, 0.29) is 23.0 Å². The summed E-state index contributed by atoms with van der Waals surface area (Å²) in [6.45, 7) is 7.80. The van der Waals surface area contributed by atoms with Crippen LogP contribution in [0.4, 0.5) is 5.69 Å². The lowest BCUT2D eigenvalue weighted by Gasteiger charge is -2.33. The average Bonchev–Trinajstić information content (AvgIpc) is 2.94. The number of hydrogen-bond donors (Lipinski definition) is 1. The van der Waals surface area contributed by atoms with E-state index in [1.165, 1.54) is 17.0 Å². The maximum absolute atomic E-state index is 14.1. The Morgan fingerprint density at radius 3 is 2.15 bits per heavy atom. The smallest absolute Gasteiger partial charge is 0.264 e. The first-order chi connectivity index (χ1) is 18.7. The van der Waals surface area contributed by atoms with Gasteiger partial charge in [0.2, 0.25) is 11.8 Å². The third-order valence-corrected chi connectivity index (χ3v) is 8.03. The zero-order chi connectivity index (χ0) is 28.4. The summed E-state index contributed by atoms with van der Waals surface area (Å²) in [5.74, 6) is -0.444. The van der Waals surface area contributed by atoms with E-state index in [1.54, 1.807) is 49.4 Å². The fourth-order valence-corrected chi connectivity index (χ4v) is 5.72. The predicted octanol–water partition coefficient (Wildman–Crippen LogP) is 4.53. The maximum Gasteiger partial charge on any atom is 0.264 e. The molecule has 0 spiro atoms. The van der Waals surface area contributed by atoms with Crippen molar-refractivity contribution < 1.29 is 22.7 Å². The van der Waals surface area contributed by atoms with Crippen molar-refractivity contribution >= 4 is 27.5 Å². The summed E-state index contributed by atoms with van der Waals surface area (Å²) in [6.07, 6.45) is 0.365. The number of aryl methyl sites for hydroxylation is 1. The number of anilines is 1. The molecule has 1 atom stereocenters. The molecule has 3 aromatic carbocycles. The lowest BCUT2D eigenvalue weighted by atomic mass is 10.1. The van der Waals surface area contributed by atoms with Crippen LogP contribution >= 0.6 is 0 Å². The van der Waals surface area contributed by atoms with E-state index in [4.69, 9.17) is 4.74 Å². The van der Waals surface area contributed by atoms with Gasteiger partial charge in [0.05, 0.1) is 17.2 Å². The Kier molecular flexibility index (Phi) is 10.5. The number of benzene rings is 3. The highest BCUT2D eigenvalue weighted by atomic mass is 32.2. The highest BCUT2D eigenvalue weighted by Gasteiger charge is 2.34. The van der Waals surface area contributed by atoms with Crippen LogP contribution < -0.4 is 14.4 Å². The molecule has 2 amide bonds. The Labute approximate surface area is 231 Å². The fraction of sp³-hybridized carbons (Fsp3) is 0.333. The molecule has 0 aromatic heterocycles. The first-order valence-electron chi connectivity index (χ1n) is 13.1. The molecule has 0 saturated carbocycles. The number of nitrogens with one attached hydrogen (secondary N) is 1. The third-order valence-electron chi connectivity index (χ3n) is 6.25. The quantitative estimate of drug-likeness (QED) is 0.337. The van der Waals surface area contributed by atoms with E-state index in [9.17, 15) is 18.0 Å². The summed E-state index contributed by atoms with van der Waals surface area (Å²) >= 11 is 0. The number of carbonyl (C=O) groups is 2. The molecular weight excluding hydrogens is 514 g/mol. The van der Waals surface area contributed by atoms with Gasteiger partial charge in [-0.3, -0.25) is 13.9 Å². The van der Waals surface area contributed by atoms with Gasteiger partial charge in [-0.25, -0.2) is 8.42 Å². The van der Waals surface area contributed by atoms with E-state index in [0.29, 0.717) is 25.3 Å². The Balaban J connectivity index is 2.09.